The maximum absolute atomic E-state index is 12.1. The van der Waals surface area contributed by atoms with Gasteiger partial charge in [-0.15, -0.1) is 0 Å². The number of alkyl carbamates (subject to hydrolysis) is 1. The summed E-state index contributed by atoms with van der Waals surface area (Å²) >= 11 is 0. The number of carbonyl (C=O) groups excluding carboxylic acids is 2. The Hall–Kier alpha value is -2.84. The minimum absolute atomic E-state index is 0.0423. The van der Waals surface area contributed by atoms with Crippen LogP contribution in [0.25, 0.3) is 0 Å². The first-order valence-corrected chi connectivity index (χ1v) is 10.2. The monoisotopic (exact) mass is 399 g/mol. The fourth-order valence-electron chi connectivity index (χ4n) is 4.81. The van der Waals surface area contributed by atoms with Crippen molar-refractivity contribution >= 4 is 17.8 Å². The summed E-state index contributed by atoms with van der Waals surface area (Å²) in [5.41, 5.74) is 1.73. The molecule has 2 aromatic heterocycles. The molecule has 2 bridgehead atoms. The van der Waals surface area contributed by atoms with E-state index in [1.807, 2.05) is 13.0 Å². The highest BCUT2D eigenvalue weighted by atomic mass is 16.6. The molecule has 0 radical (unpaired) electrons. The molecule has 2 aromatic rings. The highest BCUT2D eigenvalue weighted by molar-refractivity contribution is 5.91. The maximum atomic E-state index is 12.1. The first-order chi connectivity index (χ1) is 14.0. The summed E-state index contributed by atoms with van der Waals surface area (Å²) in [5.74, 6) is 1.84. The van der Waals surface area contributed by atoms with Crippen molar-refractivity contribution in [2.75, 3.05) is 5.32 Å². The molecule has 29 heavy (non-hydrogen) atoms. The third-order valence-corrected chi connectivity index (χ3v) is 6.38. The van der Waals surface area contributed by atoms with E-state index in [0.29, 0.717) is 11.6 Å². The second-order valence-corrected chi connectivity index (χ2v) is 8.79. The number of aryl methyl sites for hydroxylation is 1. The number of amides is 2. The number of H-pyrrole nitrogens is 1. The Morgan fingerprint density at radius 1 is 1.31 bits per heavy atom. The molecule has 4 saturated carbocycles. The zero-order valence-electron chi connectivity index (χ0n) is 16.4. The number of hydrogen-bond donors (Lipinski definition) is 3. The van der Waals surface area contributed by atoms with Crippen LogP contribution in [0.2, 0.25) is 0 Å². The number of ether oxygens (including phenoxy) is 1. The molecule has 2 atom stereocenters. The summed E-state index contributed by atoms with van der Waals surface area (Å²) in [5, 5.41) is 16.8. The lowest BCUT2D eigenvalue weighted by atomic mass is 9.50. The molecule has 3 N–H and O–H groups in total. The predicted octanol–water partition coefficient (Wildman–Crippen LogP) is 2.80. The van der Waals surface area contributed by atoms with E-state index in [0.717, 1.165) is 55.8 Å². The SMILES string of the molecule is Cc1cc(CC(=O)Nc2cc([C@H]3CCC(OC(=O)NC45CC(C4)C5)C3)[nH]n2)on1. The number of nitrogens with zero attached hydrogens (tertiary/aromatic N) is 2. The van der Waals surface area contributed by atoms with E-state index in [9.17, 15) is 9.59 Å². The zero-order valence-corrected chi connectivity index (χ0v) is 16.4. The molecule has 0 aromatic carbocycles. The number of rotatable bonds is 6. The van der Waals surface area contributed by atoms with Crippen molar-refractivity contribution in [1.82, 2.24) is 20.7 Å². The van der Waals surface area contributed by atoms with Gasteiger partial charge in [-0.3, -0.25) is 9.89 Å². The van der Waals surface area contributed by atoms with Gasteiger partial charge >= 0.3 is 6.09 Å². The molecular weight excluding hydrogens is 374 g/mol. The van der Waals surface area contributed by atoms with Gasteiger partial charge in [-0.25, -0.2) is 4.79 Å². The van der Waals surface area contributed by atoms with Crippen molar-refractivity contribution < 1.29 is 18.8 Å². The molecule has 4 aliphatic carbocycles. The Balaban J connectivity index is 1.10. The van der Waals surface area contributed by atoms with Crippen molar-refractivity contribution in [3.63, 3.8) is 0 Å². The topological polar surface area (TPSA) is 122 Å². The molecule has 0 saturated heterocycles. The van der Waals surface area contributed by atoms with Crippen molar-refractivity contribution in [2.24, 2.45) is 5.92 Å². The summed E-state index contributed by atoms with van der Waals surface area (Å²) in [7, 11) is 0. The molecule has 0 aliphatic heterocycles. The summed E-state index contributed by atoms with van der Waals surface area (Å²) in [6.45, 7) is 1.81. The van der Waals surface area contributed by atoms with Gasteiger partial charge in [0.2, 0.25) is 5.91 Å². The van der Waals surface area contributed by atoms with Crippen molar-refractivity contribution in [3.05, 3.63) is 29.3 Å². The number of aromatic amines is 1. The minimum atomic E-state index is -0.283. The van der Waals surface area contributed by atoms with E-state index in [2.05, 4.69) is 26.0 Å². The highest BCUT2D eigenvalue weighted by Gasteiger charge is 2.57. The fourth-order valence-corrected chi connectivity index (χ4v) is 4.81. The van der Waals surface area contributed by atoms with E-state index < -0.39 is 0 Å². The van der Waals surface area contributed by atoms with E-state index >= 15 is 0 Å². The van der Waals surface area contributed by atoms with E-state index in [1.54, 1.807) is 6.07 Å². The zero-order chi connectivity index (χ0) is 20.0. The summed E-state index contributed by atoms with van der Waals surface area (Å²) in [6.07, 6.45) is 5.57. The molecule has 2 amide bonds. The molecule has 0 spiro atoms. The summed E-state index contributed by atoms with van der Waals surface area (Å²) in [6, 6.07) is 3.58. The van der Waals surface area contributed by atoms with Gasteiger partial charge < -0.3 is 19.9 Å². The van der Waals surface area contributed by atoms with E-state index in [4.69, 9.17) is 9.26 Å². The first kappa shape index (κ1) is 18.2. The van der Waals surface area contributed by atoms with Gasteiger partial charge in [0.15, 0.2) is 5.82 Å². The predicted molar refractivity (Wildman–Crippen MR) is 102 cm³/mol. The quantitative estimate of drug-likeness (QED) is 0.687. The molecule has 154 valence electrons. The summed E-state index contributed by atoms with van der Waals surface area (Å²) in [4.78, 5) is 24.3. The van der Waals surface area contributed by atoms with Crippen LogP contribution in [0.15, 0.2) is 16.7 Å². The van der Waals surface area contributed by atoms with Crippen LogP contribution in [0.3, 0.4) is 0 Å². The highest BCUT2D eigenvalue weighted by Crippen LogP contribution is 2.57. The number of nitrogens with one attached hydrogen (secondary N) is 3. The Bertz CT molecular complexity index is 918. The van der Waals surface area contributed by atoms with Gasteiger partial charge in [0.05, 0.1) is 12.1 Å². The van der Waals surface area contributed by atoms with Crippen molar-refractivity contribution in [2.45, 2.75) is 69.4 Å². The van der Waals surface area contributed by atoms with Gasteiger partial charge in [0, 0.05) is 29.3 Å². The minimum Gasteiger partial charge on any atom is -0.446 e. The Morgan fingerprint density at radius 3 is 2.83 bits per heavy atom. The third kappa shape index (κ3) is 3.73. The lowest BCUT2D eigenvalue weighted by Crippen LogP contribution is -2.68. The Morgan fingerprint density at radius 2 is 2.14 bits per heavy atom. The van der Waals surface area contributed by atoms with Crippen molar-refractivity contribution in [3.8, 4) is 0 Å². The number of carbonyl (C=O) groups is 2. The first-order valence-electron chi connectivity index (χ1n) is 10.2. The molecule has 6 rings (SSSR count). The lowest BCUT2D eigenvalue weighted by molar-refractivity contribution is -0.115. The van der Waals surface area contributed by atoms with Gasteiger partial charge in [-0.2, -0.15) is 5.10 Å². The normalized spacial score (nSPS) is 29.6. The number of aromatic nitrogens is 3. The second kappa shape index (κ2) is 6.89. The number of hydrogen-bond acceptors (Lipinski definition) is 6. The van der Waals surface area contributed by atoms with Gasteiger partial charge in [-0.1, -0.05) is 5.16 Å². The average molecular weight is 399 g/mol. The molecule has 4 aliphatic rings. The number of anilines is 1. The van der Waals surface area contributed by atoms with Crippen LogP contribution in [-0.2, 0) is 16.0 Å². The van der Waals surface area contributed by atoms with E-state index in [-0.39, 0.29) is 36.0 Å². The van der Waals surface area contributed by atoms with Crippen LogP contribution < -0.4 is 10.6 Å². The second-order valence-electron chi connectivity index (χ2n) is 8.79. The molecule has 9 nitrogen and oxygen atoms in total. The van der Waals surface area contributed by atoms with Crippen LogP contribution in [-0.4, -0.2) is 39.0 Å². The smallest absolute Gasteiger partial charge is 0.407 e. The largest absolute Gasteiger partial charge is 0.446 e. The summed E-state index contributed by atoms with van der Waals surface area (Å²) < 4.78 is 10.7. The van der Waals surface area contributed by atoms with Crippen molar-refractivity contribution in [1.29, 1.82) is 0 Å². The molecule has 9 heteroatoms. The van der Waals surface area contributed by atoms with Gasteiger partial charge in [-0.05, 0) is 51.4 Å². The van der Waals surface area contributed by atoms with Gasteiger partial charge in [0.1, 0.15) is 11.9 Å². The molecule has 1 unspecified atom stereocenters. The van der Waals surface area contributed by atoms with Crippen LogP contribution in [0.4, 0.5) is 10.6 Å². The fraction of sp³-hybridized carbons (Fsp3) is 0.600. The third-order valence-electron chi connectivity index (χ3n) is 6.38. The van der Waals surface area contributed by atoms with Gasteiger partial charge in [0.25, 0.3) is 0 Å². The lowest BCUT2D eigenvalue weighted by Gasteiger charge is -2.61. The van der Waals surface area contributed by atoms with Crippen LogP contribution >= 0.6 is 0 Å². The maximum Gasteiger partial charge on any atom is 0.407 e. The molecular formula is C20H25N5O4. The standard InChI is InChI=1S/C20H25N5O4/c1-11-4-15(29-25-11)6-18(26)21-17-7-16(23-24-17)13-2-3-14(5-13)28-19(27)22-20-8-12(9-20)10-20/h4,7,12-14H,2-3,5-6,8-10H2,1H3,(H,22,27)(H2,21,23,24,26)/t12?,13-,14?,20?/m0/s1. The molecule has 4 fully saturated rings. The Labute approximate surface area is 167 Å². The van der Waals surface area contributed by atoms with Crippen LogP contribution in [0.1, 0.15) is 61.6 Å². The van der Waals surface area contributed by atoms with Crippen LogP contribution in [0, 0.1) is 12.8 Å². The average Bonchev–Trinajstić information content (AvgIpc) is 3.32. The van der Waals surface area contributed by atoms with Crippen LogP contribution in [0.5, 0.6) is 0 Å². The molecule has 2 heterocycles. The Kier molecular flexibility index (Phi) is 4.33. The van der Waals surface area contributed by atoms with E-state index in [1.165, 1.54) is 0 Å².